The normalized spacial score (nSPS) is 17.4. The first-order valence-corrected chi connectivity index (χ1v) is 10.5. The molecule has 1 saturated heterocycles. The molecule has 0 bridgehead atoms. The molecule has 1 aromatic heterocycles. The largest absolute Gasteiger partial charge is 0.466 e. The van der Waals surface area contributed by atoms with Crippen molar-refractivity contribution in [3.63, 3.8) is 0 Å². The number of thiazole rings is 1. The second kappa shape index (κ2) is 9.80. The highest BCUT2D eigenvalue weighted by Crippen LogP contribution is 2.28. The minimum Gasteiger partial charge on any atom is -0.466 e. The van der Waals surface area contributed by atoms with E-state index in [1.54, 1.807) is 16.9 Å². The van der Waals surface area contributed by atoms with E-state index in [9.17, 15) is 9.59 Å². The monoisotopic (exact) mass is 401 g/mol. The summed E-state index contributed by atoms with van der Waals surface area (Å²) in [6.45, 7) is 6.37. The lowest BCUT2D eigenvalue weighted by Gasteiger charge is -2.29. The lowest BCUT2D eigenvalue weighted by molar-refractivity contribution is -0.140. The molecular weight excluding hydrogens is 374 g/mol. The Morgan fingerprint density at radius 2 is 2.04 bits per heavy atom. The number of carbonyl (C=O) groups is 2. The number of allylic oxidation sites excluding steroid dienone is 4. The summed E-state index contributed by atoms with van der Waals surface area (Å²) in [5.41, 5.74) is 4.22. The van der Waals surface area contributed by atoms with Gasteiger partial charge >= 0.3 is 5.97 Å². The first-order chi connectivity index (χ1) is 13.5. The molecular formula is C21H27N3O3S. The standard InChI is InChI=1S/C21H27N3O3S/c1-15(25)23-21-22-13-20(28-21)14-24-10-7-19(8-11-24)18-5-3-17(4-6-18)9-12-27-16(2)26/h3-5,13H,6-12,14H2,1-2H3,(H,22,23,25). The number of hydrogen-bond acceptors (Lipinski definition) is 6. The smallest absolute Gasteiger partial charge is 0.302 e. The summed E-state index contributed by atoms with van der Waals surface area (Å²) in [6, 6.07) is 0. The third-order valence-corrected chi connectivity index (χ3v) is 5.81. The average molecular weight is 402 g/mol. The zero-order valence-electron chi connectivity index (χ0n) is 16.5. The molecule has 6 nitrogen and oxygen atoms in total. The Morgan fingerprint density at radius 3 is 2.68 bits per heavy atom. The SMILES string of the molecule is CC(=O)Nc1ncc(CN2CCC(=C3C=CC(CCOC(C)=O)=CC3)CC2)s1. The zero-order valence-corrected chi connectivity index (χ0v) is 17.3. The second-order valence-electron chi connectivity index (χ2n) is 7.12. The molecule has 150 valence electrons. The second-order valence-corrected chi connectivity index (χ2v) is 8.24. The minimum absolute atomic E-state index is 0.0840. The Bertz CT molecular complexity index is 813. The number of piperidine rings is 1. The highest BCUT2D eigenvalue weighted by Gasteiger charge is 2.18. The molecule has 0 unspecified atom stereocenters. The number of aromatic nitrogens is 1. The maximum absolute atomic E-state index is 11.1. The number of nitrogens with one attached hydrogen (secondary N) is 1. The van der Waals surface area contributed by atoms with Gasteiger partial charge in [-0.3, -0.25) is 14.5 Å². The Labute approximate surface area is 170 Å². The lowest BCUT2D eigenvalue weighted by atomic mass is 9.91. The van der Waals surface area contributed by atoms with Crippen LogP contribution in [0, 0.1) is 0 Å². The summed E-state index contributed by atoms with van der Waals surface area (Å²) in [5, 5.41) is 3.41. The van der Waals surface area contributed by atoms with Crippen LogP contribution < -0.4 is 5.32 Å². The number of rotatable bonds is 6. The van der Waals surface area contributed by atoms with Crippen LogP contribution in [0.1, 0.15) is 44.4 Å². The Hall–Kier alpha value is -2.25. The third kappa shape index (κ3) is 6.14. The molecule has 1 amide bonds. The van der Waals surface area contributed by atoms with Crippen LogP contribution in [0.15, 0.2) is 41.1 Å². The summed E-state index contributed by atoms with van der Waals surface area (Å²) >= 11 is 1.55. The first kappa shape index (κ1) is 20.5. The van der Waals surface area contributed by atoms with Gasteiger partial charge in [0.1, 0.15) is 0 Å². The van der Waals surface area contributed by atoms with E-state index in [2.05, 4.69) is 33.4 Å². The fourth-order valence-electron chi connectivity index (χ4n) is 3.46. The van der Waals surface area contributed by atoms with Gasteiger partial charge in [-0.2, -0.15) is 0 Å². The molecule has 3 rings (SSSR count). The molecule has 2 aliphatic rings. The number of carbonyl (C=O) groups excluding carboxylic acids is 2. The first-order valence-electron chi connectivity index (χ1n) is 9.65. The molecule has 2 heterocycles. The summed E-state index contributed by atoms with van der Waals surface area (Å²) in [7, 11) is 0. The van der Waals surface area contributed by atoms with Crippen molar-refractivity contribution in [2.24, 2.45) is 0 Å². The van der Waals surface area contributed by atoms with Crippen LogP contribution in [0.2, 0.25) is 0 Å². The predicted molar refractivity (Wildman–Crippen MR) is 111 cm³/mol. The van der Waals surface area contributed by atoms with Gasteiger partial charge in [0.25, 0.3) is 0 Å². The predicted octanol–water partition coefficient (Wildman–Crippen LogP) is 3.83. The molecule has 7 heteroatoms. The van der Waals surface area contributed by atoms with Crippen molar-refractivity contribution in [2.75, 3.05) is 25.0 Å². The molecule has 0 aromatic carbocycles. The molecule has 0 radical (unpaired) electrons. The van der Waals surface area contributed by atoms with Crippen molar-refractivity contribution < 1.29 is 14.3 Å². The van der Waals surface area contributed by atoms with Gasteiger partial charge in [-0.15, -0.1) is 11.3 Å². The molecule has 1 aliphatic heterocycles. The maximum atomic E-state index is 11.1. The van der Waals surface area contributed by atoms with Crippen molar-refractivity contribution in [1.29, 1.82) is 0 Å². The third-order valence-electron chi connectivity index (χ3n) is 4.91. The van der Waals surface area contributed by atoms with E-state index >= 15 is 0 Å². The fraction of sp³-hybridized carbons (Fsp3) is 0.476. The highest BCUT2D eigenvalue weighted by molar-refractivity contribution is 7.15. The molecule has 0 spiro atoms. The topological polar surface area (TPSA) is 71.5 Å². The maximum Gasteiger partial charge on any atom is 0.302 e. The number of esters is 1. The van der Waals surface area contributed by atoms with E-state index in [-0.39, 0.29) is 11.9 Å². The van der Waals surface area contributed by atoms with Gasteiger partial charge in [-0.1, -0.05) is 23.8 Å². The van der Waals surface area contributed by atoms with Crippen molar-refractivity contribution in [3.05, 3.63) is 46.0 Å². The van der Waals surface area contributed by atoms with Crippen LogP contribution in [-0.2, 0) is 20.9 Å². The average Bonchev–Trinajstić information content (AvgIpc) is 3.09. The molecule has 1 fully saturated rings. The van der Waals surface area contributed by atoms with E-state index in [1.807, 2.05) is 6.20 Å². The summed E-state index contributed by atoms with van der Waals surface area (Å²) < 4.78 is 5.01. The quantitative estimate of drug-likeness (QED) is 0.734. The van der Waals surface area contributed by atoms with Crippen molar-refractivity contribution >= 4 is 28.3 Å². The number of nitrogens with zero attached hydrogens (tertiary/aromatic N) is 2. The van der Waals surface area contributed by atoms with Gasteiger partial charge in [0.15, 0.2) is 5.13 Å². The van der Waals surface area contributed by atoms with Crippen LogP contribution in [0.4, 0.5) is 5.13 Å². The Morgan fingerprint density at radius 1 is 1.25 bits per heavy atom. The van der Waals surface area contributed by atoms with E-state index in [0.29, 0.717) is 11.7 Å². The van der Waals surface area contributed by atoms with Crippen LogP contribution in [0.5, 0.6) is 0 Å². The summed E-state index contributed by atoms with van der Waals surface area (Å²) in [6.07, 6.45) is 12.4. The number of likely N-dealkylation sites (tertiary alicyclic amines) is 1. The van der Waals surface area contributed by atoms with E-state index in [4.69, 9.17) is 4.74 Å². The summed E-state index contributed by atoms with van der Waals surface area (Å²) in [4.78, 5) is 29.8. The van der Waals surface area contributed by atoms with Gasteiger partial charge in [0.2, 0.25) is 5.91 Å². The van der Waals surface area contributed by atoms with E-state index in [1.165, 1.54) is 29.9 Å². The van der Waals surface area contributed by atoms with Crippen LogP contribution in [-0.4, -0.2) is 41.5 Å². The van der Waals surface area contributed by atoms with Gasteiger partial charge in [-0.05, 0) is 30.4 Å². The number of hydrogen-bond donors (Lipinski definition) is 1. The van der Waals surface area contributed by atoms with Gasteiger partial charge in [0, 0.05) is 51.0 Å². The van der Waals surface area contributed by atoms with Crippen molar-refractivity contribution in [1.82, 2.24) is 9.88 Å². The Kier molecular flexibility index (Phi) is 7.17. The zero-order chi connectivity index (χ0) is 19.9. The minimum atomic E-state index is -0.223. The number of amides is 1. The summed E-state index contributed by atoms with van der Waals surface area (Å²) in [5.74, 6) is -0.307. The van der Waals surface area contributed by atoms with Crippen LogP contribution >= 0.6 is 11.3 Å². The van der Waals surface area contributed by atoms with Crippen molar-refractivity contribution in [2.45, 2.75) is 46.1 Å². The molecule has 1 aromatic rings. The van der Waals surface area contributed by atoms with E-state index in [0.717, 1.165) is 45.3 Å². The Balaban J connectivity index is 1.45. The molecule has 0 saturated carbocycles. The highest BCUT2D eigenvalue weighted by atomic mass is 32.1. The van der Waals surface area contributed by atoms with Crippen LogP contribution in [0.25, 0.3) is 0 Å². The molecule has 28 heavy (non-hydrogen) atoms. The van der Waals surface area contributed by atoms with Gasteiger partial charge in [-0.25, -0.2) is 4.98 Å². The molecule has 1 N–H and O–H groups in total. The van der Waals surface area contributed by atoms with Gasteiger partial charge in [0.05, 0.1) is 6.61 Å². The molecule has 0 atom stereocenters. The number of anilines is 1. The number of ether oxygens (including phenoxy) is 1. The van der Waals surface area contributed by atoms with Crippen LogP contribution in [0.3, 0.4) is 0 Å². The fourth-order valence-corrected chi connectivity index (χ4v) is 4.36. The molecule has 1 aliphatic carbocycles. The van der Waals surface area contributed by atoms with Gasteiger partial charge < -0.3 is 10.1 Å². The van der Waals surface area contributed by atoms with Crippen molar-refractivity contribution in [3.8, 4) is 0 Å². The lowest BCUT2D eigenvalue weighted by Crippen LogP contribution is -2.30. The van der Waals surface area contributed by atoms with E-state index < -0.39 is 0 Å².